The summed E-state index contributed by atoms with van der Waals surface area (Å²) in [4.78, 5) is 4.26. The molecule has 74 valence electrons. The molecule has 0 aliphatic heterocycles. The van der Waals surface area contributed by atoms with Crippen molar-refractivity contribution in [3.8, 4) is 0 Å². The van der Waals surface area contributed by atoms with E-state index in [1.54, 1.807) is 0 Å². The number of aromatic nitrogens is 2. The summed E-state index contributed by atoms with van der Waals surface area (Å²) in [5.74, 6) is 2.22. The average Bonchev–Trinajstić information content (AvgIpc) is 2.34. The maximum absolute atomic E-state index is 5.18. The van der Waals surface area contributed by atoms with E-state index in [0.717, 1.165) is 5.89 Å². The standard InChI is InChI=1S/C9H15IN2O/c1-5(2)7(6(3)4)8-11-9(10)12-13-8/h5-7H,1-4H3. The highest BCUT2D eigenvalue weighted by Gasteiger charge is 2.25. The molecule has 1 aromatic rings. The molecule has 0 unspecified atom stereocenters. The van der Waals surface area contributed by atoms with Crippen LogP contribution in [0, 0.1) is 15.7 Å². The van der Waals surface area contributed by atoms with Gasteiger partial charge in [-0.25, -0.2) is 0 Å². The first-order valence-electron chi connectivity index (χ1n) is 4.51. The van der Waals surface area contributed by atoms with Gasteiger partial charge in [0.2, 0.25) is 9.72 Å². The zero-order valence-corrected chi connectivity index (χ0v) is 10.6. The third-order valence-corrected chi connectivity index (χ3v) is 2.58. The van der Waals surface area contributed by atoms with Gasteiger partial charge in [-0.3, -0.25) is 0 Å². The summed E-state index contributed by atoms with van der Waals surface area (Å²) in [5.41, 5.74) is 0. The van der Waals surface area contributed by atoms with Crippen LogP contribution in [0.15, 0.2) is 4.52 Å². The van der Waals surface area contributed by atoms with Crippen LogP contribution in [-0.4, -0.2) is 10.1 Å². The van der Waals surface area contributed by atoms with Crippen LogP contribution in [0.25, 0.3) is 0 Å². The second kappa shape index (κ2) is 4.39. The molecule has 0 spiro atoms. The molecular weight excluding hydrogens is 279 g/mol. The van der Waals surface area contributed by atoms with E-state index in [9.17, 15) is 0 Å². The Morgan fingerprint density at radius 2 is 1.69 bits per heavy atom. The second-order valence-electron chi connectivity index (χ2n) is 3.92. The smallest absolute Gasteiger partial charge is 0.232 e. The molecule has 0 saturated heterocycles. The molecule has 1 heterocycles. The van der Waals surface area contributed by atoms with Gasteiger partial charge in [0, 0.05) is 28.5 Å². The molecule has 0 atom stereocenters. The topological polar surface area (TPSA) is 38.9 Å². The summed E-state index contributed by atoms with van der Waals surface area (Å²) in [6, 6.07) is 0. The Morgan fingerprint density at radius 3 is 2.00 bits per heavy atom. The highest BCUT2D eigenvalue weighted by Crippen LogP contribution is 2.30. The van der Waals surface area contributed by atoms with Gasteiger partial charge in [-0.15, -0.1) is 0 Å². The largest absolute Gasteiger partial charge is 0.338 e. The summed E-state index contributed by atoms with van der Waals surface area (Å²) in [6.07, 6.45) is 0. The van der Waals surface area contributed by atoms with Crippen molar-refractivity contribution in [3.05, 3.63) is 9.72 Å². The fourth-order valence-corrected chi connectivity index (χ4v) is 2.03. The summed E-state index contributed by atoms with van der Waals surface area (Å²) in [7, 11) is 0. The maximum Gasteiger partial charge on any atom is 0.232 e. The van der Waals surface area contributed by atoms with Gasteiger partial charge in [0.15, 0.2) is 0 Å². The van der Waals surface area contributed by atoms with Crippen molar-refractivity contribution in [2.24, 2.45) is 11.8 Å². The molecule has 1 rings (SSSR count). The number of hydrogen-bond donors (Lipinski definition) is 0. The van der Waals surface area contributed by atoms with E-state index >= 15 is 0 Å². The fourth-order valence-electron chi connectivity index (χ4n) is 1.69. The van der Waals surface area contributed by atoms with Crippen LogP contribution < -0.4 is 0 Å². The van der Waals surface area contributed by atoms with Gasteiger partial charge in [-0.1, -0.05) is 32.9 Å². The van der Waals surface area contributed by atoms with E-state index in [1.807, 2.05) is 0 Å². The molecule has 0 aromatic carbocycles. The third kappa shape index (κ3) is 2.65. The molecule has 0 saturated carbocycles. The van der Waals surface area contributed by atoms with Crippen LogP contribution in [0.1, 0.15) is 39.5 Å². The predicted octanol–water partition coefficient (Wildman–Crippen LogP) is 3.07. The first kappa shape index (κ1) is 10.9. The molecular formula is C9H15IN2O. The van der Waals surface area contributed by atoms with Gasteiger partial charge in [0.1, 0.15) is 0 Å². The lowest BCUT2D eigenvalue weighted by atomic mass is 9.85. The van der Waals surface area contributed by atoms with Crippen LogP contribution in [0.4, 0.5) is 0 Å². The first-order valence-corrected chi connectivity index (χ1v) is 5.59. The Morgan fingerprint density at radius 1 is 1.15 bits per heavy atom. The van der Waals surface area contributed by atoms with Crippen LogP contribution in [0.5, 0.6) is 0 Å². The van der Waals surface area contributed by atoms with Gasteiger partial charge in [-0.2, -0.15) is 4.98 Å². The van der Waals surface area contributed by atoms with Crippen LogP contribution in [0.2, 0.25) is 0 Å². The molecule has 0 amide bonds. The van der Waals surface area contributed by atoms with E-state index in [-0.39, 0.29) is 0 Å². The van der Waals surface area contributed by atoms with Gasteiger partial charge < -0.3 is 4.52 Å². The minimum absolute atomic E-state index is 0.371. The Balaban J connectivity index is 2.88. The van der Waals surface area contributed by atoms with Crippen LogP contribution >= 0.6 is 22.6 Å². The first-order chi connectivity index (χ1) is 6.02. The maximum atomic E-state index is 5.18. The highest BCUT2D eigenvalue weighted by atomic mass is 127. The lowest BCUT2D eigenvalue weighted by Gasteiger charge is -2.20. The number of halogens is 1. The molecule has 0 bridgehead atoms. The van der Waals surface area contributed by atoms with E-state index < -0.39 is 0 Å². The van der Waals surface area contributed by atoms with Gasteiger partial charge >= 0.3 is 0 Å². The normalized spacial score (nSPS) is 12.0. The molecule has 0 fully saturated rings. The molecule has 0 aliphatic rings. The number of hydrogen-bond acceptors (Lipinski definition) is 3. The van der Waals surface area contributed by atoms with Crippen molar-refractivity contribution in [2.75, 3.05) is 0 Å². The van der Waals surface area contributed by atoms with E-state index in [1.165, 1.54) is 0 Å². The molecule has 0 aliphatic carbocycles. The van der Waals surface area contributed by atoms with Crippen molar-refractivity contribution < 1.29 is 4.52 Å². The molecule has 0 radical (unpaired) electrons. The summed E-state index contributed by atoms with van der Waals surface area (Å²) in [6.45, 7) is 8.73. The number of nitrogens with zero attached hydrogens (tertiary/aromatic N) is 2. The Labute approximate surface area is 92.4 Å². The SMILES string of the molecule is CC(C)C(c1nc(I)no1)C(C)C. The van der Waals surface area contributed by atoms with E-state index in [2.05, 4.69) is 60.4 Å². The van der Waals surface area contributed by atoms with E-state index in [0.29, 0.717) is 21.6 Å². The zero-order chi connectivity index (χ0) is 10.0. The monoisotopic (exact) mass is 294 g/mol. The van der Waals surface area contributed by atoms with Gasteiger partial charge in [0.05, 0.1) is 0 Å². The van der Waals surface area contributed by atoms with Crippen LogP contribution in [-0.2, 0) is 0 Å². The third-order valence-electron chi connectivity index (χ3n) is 2.14. The molecule has 3 nitrogen and oxygen atoms in total. The average molecular weight is 294 g/mol. The molecule has 1 aromatic heterocycles. The van der Waals surface area contributed by atoms with Gasteiger partial charge in [0.25, 0.3) is 0 Å². The summed E-state index contributed by atoms with van der Waals surface area (Å²) in [5, 5.41) is 3.80. The fraction of sp³-hybridized carbons (Fsp3) is 0.778. The lowest BCUT2D eigenvalue weighted by molar-refractivity contribution is 0.277. The molecule has 0 N–H and O–H groups in total. The van der Waals surface area contributed by atoms with Crippen molar-refractivity contribution in [1.29, 1.82) is 0 Å². The molecule has 13 heavy (non-hydrogen) atoms. The lowest BCUT2D eigenvalue weighted by Crippen LogP contribution is -2.13. The second-order valence-corrected chi connectivity index (χ2v) is 4.88. The Bertz CT molecular complexity index is 262. The minimum Gasteiger partial charge on any atom is -0.338 e. The number of rotatable bonds is 3. The minimum atomic E-state index is 0.371. The Hall–Kier alpha value is -0.130. The van der Waals surface area contributed by atoms with E-state index in [4.69, 9.17) is 4.52 Å². The predicted molar refractivity (Wildman–Crippen MR) is 59.4 cm³/mol. The molecule has 4 heteroatoms. The zero-order valence-electron chi connectivity index (χ0n) is 8.41. The van der Waals surface area contributed by atoms with Crippen molar-refractivity contribution in [2.45, 2.75) is 33.6 Å². The summed E-state index contributed by atoms with van der Waals surface area (Å²) >= 11 is 2.06. The van der Waals surface area contributed by atoms with Crippen molar-refractivity contribution in [1.82, 2.24) is 10.1 Å². The summed E-state index contributed by atoms with van der Waals surface area (Å²) < 4.78 is 5.87. The quantitative estimate of drug-likeness (QED) is 0.804. The van der Waals surface area contributed by atoms with Crippen molar-refractivity contribution >= 4 is 22.6 Å². The van der Waals surface area contributed by atoms with Crippen LogP contribution in [0.3, 0.4) is 0 Å². The highest BCUT2D eigenvalue weighted by molar-refractivity contribution is 14.1. The van der Waals surface area contributed by atoms with Gasteiger partial charge in [-0.05, 0) is 11.8 Å². The Kier molecular flexibility index (Phi) is 3.70. The van der Waals surface area contributed by atoms with Crippen molar-refractivity contribution in [3.63, 3.8) is 0 Å².